The minimum absolute atomic E-state index is 0.0717. The minimum atomic E-state index is -2.10. The molecule has 1 fully saturated rings. The van der Waals surface area contributed by atoms with E-state index in [4.69, 9.17) is 9.47 Å². The molecule has 0 aromatic heterocycles. The largest absolute Gasteiger partial charge is 0.449 e. The van der Waals surface area contributed by atoms with Gasteiger partial charge in [-0.15, -0.1) is 0 Å². The van der Waals surface area contributed by atoms with Crippen molar-refractivity contribution >= 4 is 12.0 Å². The van der Waals surface area contributed by atoms with Crippen LogP contribution in [-0.2, 0) is 14.3 Å². The molecule has 0 saturated carbocycles. The molecule has 2 aliphatic rings. The SMILES string of the molecule is O=C(CNC(=O)OCC1c2ccccc2-c2ccccc21)NC1(CO)OC(O)CC(O)C1O. The lowest BCUT2D eigenvalue weighted by Gasteiger charge is -2.44. The van der Waals surface area contributed by atoms with Crippen molar-refractivity contribution in [2.75, 3.05) is 19.8 Å². The number of carbonyl (C=O) groups is 2. The van der Waals surface area contributed by atoms with Crippen molar-refractivity contribution in [2.45, 2.75) is 36.6 Å². The highest BCUT2D eigenvalue weighted by atomic mass is 16.6. The third kappa shape index (κ3) is 4.56. The summed E-state index contributed by atoms with van der Waals surface area (Å²) in [6.07, 6.45) is -5.70. The zero-order chi connectivity index (χ0) is 23.6. The minimum Gasteiger partial charge on any atom is -0.449 e. The molecule has 0 spiro atoms. The normalized spacial score (nSPS) is 26.2. The van der Waals surface area contributed by atoms with Crippen LogP contribution in [0.2, 0.25) is 0 Å². The van der Waals surface area contributed by atoms with Gasteiger partial charge >= 0.3 is 6.09 Å². The smallest absolute Gasteiger partial charge is 0.407 e. The molecule has 2 aromatic rings. The van der Waals surface area contributed by atoms with Gasteiger partial charge < -0.3 is 40.5 Å². The molecule has 0 bridgehead atoms. The summed E-state index contributed by atoms with van der Waals surface area (Å²) >= 11 is 0. The second kappa shape index (κ2) is 9.46. The summed E-state index contributed by atoms with van der Waals surface area (Å²) in [4.78, 5) is 24.5. The molecule has 33 heavy (non-hydrogen) atoms. The third-order valence-corrected chi connectivity index (χ3v) is 5.95. The Balaban J connectivity index is 1.32. The fraction of sp³-hybridized carbons (Fsp3) is 0.391. The molecule has 10 nitrogen and oxygen atoms in total. The van der Waals surface area contributed by atoms with Gasteiger partial charge in [-0.1, -0.05) is 48.5 Å². The lowest BCUT2D eigenvalue weighted by atomic mass is 9.96. The van der Waals surface area contributed by atoms with Crippen molar-refractivity contribution in [1.29, 1.82) is 0 Å². The second-order valence-corrected chi connectivity index (χ2v) is 8.10. The van der Waals surface area contributed by atoms with E-state index in [0.29, 0.717) is 0 Å². The fourth-order valence-electron chi connectivity index (χ4n) is 4.36. The van der Waals surface area contributed by atoms with Crippen molar-refractivity contribution < 1.29 is 39.5 Å². The molecule has 6 N–H and O–H groups in total. The zero-order valence-electron chi connectivity index (χ0n) is 17.7. The number of carbonyl (C=O) groups excluding carboxylic acids is 2. The first-order valence-electron chi connectivity index (χ1n) is 10.6. The van der Waals surface area contributed by atoms with E-state index in [2.05, 4.69) is 10.6 Å². The summed E-state index contributed by atoms with van der Waals surface area (Å²) in [5.41, 5.74) is 2.18. The summed E-state index contributed by atoms with van der Waals surface area (Å²) in [6.45, 7) is -1.37. The first kappa shape index (κ1) is 23.1. The molecule has 1 saturated heterocycles. The monoisotopic (exact) mass is 458 g/mol. The standard InChI is InChI=1S/C23H26N2O8/c26-12-23(21(30)18(27)9-20(29)33-23)25-19(28)10-24-22(31)32-11-17-15-7-3-1-5-13(15)14-6-2-4-8-16(14)17/h1-8,17-18,20-21,26-27,29-30H,9-12H2,(H,24,31)(H,25,28). The quantitative estimate of drug-likeness (QED) is 0.347. The highest BCUT2D eigenvalue weighted by Gasteiger charge is 2.49. The topological polar surface area (TPSA) is 158 Å². The maximum Gasteiger partial charge on any atom is 0.407 e. The summed E-state index contributed by atoms with van der Waals surface area (Å²) in [6, 6.07) is 15.8. The van der Waals surface area contributed by atoms with Crippen molar-refractivity contribution in [3.8, 4) is 11.1 Å². The Hall–Kier alpha value is -3.02. The van der Waals surface area contributed by atoms with Gasteiger partial charge in [-0.05, 0) is 22.3 Å². The number of alkyl carbamates (subject to hydrolysis) is 1. The van der Waals surface area contributed by atoms with E-state index in [1.165, 1.54) is 0 Å². The van der Waals surface area contributed by atoms with Crippen LogP contribution in [0.1, 0.15) is 23.5 Å². The van der Waals surface area contributed by atoms with Crippen molar-refractivity contribution in [3.05, 3.63) is 59.7 Å². The molecule has 0 radical (unpaired) electrons. The van der Waals surface area contributed by atoms with Gasteiger partial charge in [0.25, 0.3) is 0 Å². The van der Waals surface area contributed by atoms with E-state index < -0.39 is 49.4 Å². The molecule has 4 atom stereocenters. The van der Waals surface area contributed by atoms with Crippen LogP contribution in [-0.4, -0.2) is 76.4 Å². The van der Waals surface area contributed by atoms with E-state index >= 15 is 0 Å². The van der Waals surface area contributed by atoms with Gasteiger partial charge in [0.2, 0.25) is 5.91 Å². The number of fused-ring (bicyclic) bond motifs is 3. The molecule has 1 heterocycles. The Bertz CT molecular complexity index is 986. The van der Waals surface area contributed by atoms with Gasteiger partial charge in [-0.2, -0.15) is 0 Å². The molecule has 4 unspecified atom stereocenters. The Morgan fingerprint density at radius 2 is 1.64 bits per heavy atom. The number of rotatable bonds is 6. The van der Waals surface area contributed by atoms with Crippen LogP contribution in [0, 0.1) is 0 Å². The summed E-state index contributed by atoms with van der Waals surface area (Å²) in [5.74, 6) is -0.957. The Kier molecular flexibility index (Phi) is 6.63. The van der Waals surface area contributed by atoms with E-state index in [-0.39, 0.29) is 18.9 Å². The van der Waals surface area contributed by atoms with E-state index in [9.17, 15) is 30.0 Å². The second-order valence-electron chi connectivity index (χ2n) is 8.10. The fourth-order valence-corrected chi connectivity index (χ4v) is 4.36. The van der Waals surface area contributed by atoms with Crippen LogP contribution in [0.25, 0.3) is 11.1 Å². The highest BCUT2D eigenvalue weighted by molar-refractivity contribution is 5.83. The molecule has 1 aliphatic heterocycles. The first-order valence-corrected chi connectivity index (χ1v) is 10.6. The van der Waals surface area contributed by atoms with Crippen molar-refractivity contribution in [3.63, 3.8) is 0 Å². The number of aliphatic hydroxyl groups is 4. The van der Waals surface area contributed by atoms with E-state index in [1.807, 2.05) is 48.5 Å². The summed E-state index contributed by atoms with van der Waals surface area (Å²) in [7, 11) is 0. The number of aliphatic hydroxyl groups excluding tert-OH is 4. The predicted molar refractivity (Wildman–Crippen MR) is 115 cm³/mol. The van der Waals surface area contributed by atoms with Gasteiger partial charge in [0, 0.05) is 12.3 Å². The number of hydrogen-bond donors (Lipinski definition) is 6. The molecule has 1 aliphatic carbocycles. The summed E-state index contributed by atoms with van der Waals surface area (Å²) < 4.78 is 10.4. The van der Waals surface area contributed by atoms with Gasteiger partial charge in [0.15, 0.2) is 12.0 Å². The Morgan fingerprint density at radius 1 is 1.03 bits per heavy atom. The molecular formula is C23H26N2O8. The van der Waals surface area contributed by atoms with Crippen molar-refractivity contribution in [1.82, 2.24) is 10.6 Å². The van der Waals surface area contributed by atoms with Crippen LogP contribution in [0.15, 0.2) is 48.5 Å². The van der Waals surface area contributed by atoms with Gasteiger partial charge in [-0.25, -0.2) is 4.79 Å². The Labute approximate surface area is 189 Å². The first-order chi connectivity index (χ1) is 15.8. The maximum atomic E-state index is 12.3. The van der Waals surface area contributed by atoms with Gasteiger partial charge in [0.05, 0.1) is 12.7 Å². The summed E-state index contributed by atoms with van der Waals surface area (Å²) in [5, 5.41) is 43.7. The molecule has 2 aromatic carbocycles. The average Bonchev–Trinajstić information content (AvgIpc) is 3.13. The maximum absolute atomic E-state index is 12.3. The molecular weight excluding hydrogens is 432 g/mol. The van der Waals surface area contributed by atoms with E-state index in [0.717, 1.165) is 22.3 Å². The zero-order valence-corrected chi connectivity index (χ0v) is 17.7. The number of ether oxygens (including phenoxy) is 2. The number of nitrogens with one attached hydrogen (secondary N) is 2. The van der Waals surface area contributed by atoms with E-state index in [1.54, 1.807) is 0 Å². The van der Waals surface area contributed by atoms with Crippen LogP contribution in [0.5, 0.6) is 0 Å². The van der Waals surface area contributed by atoms with Gasteiger partial charge in [-0.3, -0.25) is 4.79 Å². The molecule has 10 heteroatoms. The van der Waals surface area contributed by atoms with Crippen LogP contribution >= 0.6 is 0 Å². The number of hydrogen-bond acceptors (Lipinski definition) is 8. The average molecular weight is 458 g/mol. The molecule has 4 rings (SSSR count). The lowest BCUT2D eigenvalue weighted by molar-refractivity contribution is -0.298. The lowest BCUT2D eigenvalue weighted by Crippen LogP contribution is -2.69. The van der Waals surface area contributed by atoms with Gasteiger partial charge in [0.1, 0.15) is 19.3 Å². The third-order valence-electron chi connectivity index (χ3n) is 5.95. The van der Waals surface area contributed by atoms with Crippen LogP contribution in [0.4, 0.5) is 4.79 Å². The highest BCUT2D eigenvalue weighted by Crippen LogP contribution is 2.44. The van der Waals surface area contributed by atoms with Crippen LogP contribution in [0.3, 0.4) is 0 Å². The van der Waals surface area contributed by atoms with Crippen LogP contribution < -0.4 is 10.6 Å². The predicted octanol–water partition coefficient (Wildman–Crippen LogP) is -0.210. The molecule has 2 amide bonds. The Morgan fingerprint density at radius 3 is 2.24 bits per heavy atom. The molecule has 176 valence electrons. The number of amides is 2. The van der Waals surface area contributed by atoms with Crippen molar-refractivity contribution in [2.24, 2.45) is 0 Å². The number of benzene rings is 2.